The highest BCUT2D eigenvalue weighted by Crippen LogP contribution is 2.35. The third kappa shape index (κ3) is 6.17. The minimum atomic E-state index is -4.57. The molecule has 12 heteroatoms. The maximum Gasteiger partial charge on any atom is 0.416 e. The summed E-state index contributed by atoms with van der Waals surface area (Å²) >= 11 is 7.21. The molecule has 0 saturated carbocycles. The highest BCUT2D eigenvalue weighted by Gasteiger charge is 2.34. The van der Waals surface area contributed by atoms with Crippen LogP contribution in [0.25, 0.3) is 10.7 Å². The van der Waals surface area contributed by atoms with E-state index in [0.29, 0.717) is 9.21 Å². The van der Waals surface area contributed by atoms with Crippen LogP contribution in [0, 0.1) is 5.82 Å². The summed E-state index contributed by atoms with van der Waals surface area (Å²) in [4.78, 5) is 26.4. The van der Waals surface area contributed by atoms with Crippen LogP contribution in [0.5, 0.6) is 0 Å². The maximum absolute atomic E-state index is 14.3. The molecule has 4 rings (SSSR count). The summed E-state index contributed by atoms with van der Waals surface area (Å²) in [5.74, 6) is -0.719. The Morgan fingerprint density at radius 3 is 2.46 bits per heavy atom. The van der Waals surface area contributed by atoms with E-state index in [9.17, 15) is 27.2 Å². The second-order valence-electron chi connectivity index (χ2n) is 8.31. The number of carbonyl (C=O) groups excluding carboxylic acids is 1. The minimum Gasteiger partial charge on any atom is -0.324 e. The number of Topliss-reactive ketones (excluding diaryl/α,β-unsaturated/α-hetero) is 1. The Morgan fingerprint density at radius 1 is 1.08 bits per heavy atom. The zero-order valence-electron chi connectivity index (χ0n) is 19.2. The van der Waals surface area contributed by atoms with Gasteiger partial charge in [-0.2, -0.15) is 13.2 Å². The first-order valence-electron chi connectivity index (χ1n) is 11.1. The molecule has 1 unspecified atom stereocenters. The van der Waals surface area contributed by atoms with E-state index in [2.05, 4.69) is 5.10 Å². The molecule has 2 heterocycles. The van der Waals surface area contributed by atoms with Crippen molar-refractivity contribution in [1.82, 2.24) is 14.3 Å². The number of carbonyl (C=O) groups is 1. The number of hydrogen-bond donors (Lipinski definition) is 1. The average molecular weight is 553 g/mol. The zero-order valence-corrected chi connectivity index (χ0v) is 20.8. The average Bonchev–Trinajstić information content (AvgIpc) is 3.41. The molecule has 0 amide bonds. The topological polar surface area (TPSA) is 82.9 Å². The molecule has 194 valence electrons. The van der Waals surface area contributed by atoms with Crippen molar-refractivity contribution in [2.45, 2.75) is 38.1 Å². The molecule has 2 N–H and O–H groups in total. The summed E-state index contributed by atoms with van der Waals surface area (Å²) in [5, 5.41) is 4.29. The number of aromatic nitrogens is 3. The third-order valence-electron chi connectivity index (χ3n) is 5.73. The number of halogens is 5. The molecule has 4 aromatic rings. The Labute approximate surface area is 217 Å². The molecule has 0 bridgehead atoms. The normalized spacial score (nSPS) is 12.6. The first kappa shape index (κ1) is 26.8. The van der Waals surface area contributed by atoms with Gasteiger partial charge in [-0.05, 0) is 36.2 Å². The van der Waals surface area contributed by atoms with Crippen LogP contribution < -0.4 is 11.4 Å². The van der Waals surface area contributed by atoms with Crippen molar-refractivity contribution < 1.29 is 22.4 Å². The van der Waals surface area contributed by atoms with Gasteiger partial charge in [0.1, 0.15) is 12.4 Å². The zero-order chi connectivity index (χ0) is 26.7. The van der Waals surface area contributed by atoms with Gasteiger partial charge in [0.05, 0.1) is 21.3 Å². The van der Waals surface area contributed by atoms with Gasteiger partial charge >= 0.3 is 11.9 Å². The highest BCUT2D eigenvalue weighted by atomic mass is 35.5. The van der Waals surface area contributed by atoms with Crippen LogP contribution in [0.15, 0.2) is 65.5 Å². The van der Waals surface area contributed by atoms with E-state index in [4.69, 9.17) is 17.3 Å². The predicted molar refractivity (Wildman–Crippen MR) is 133 cm³/mol. The summed E-state index contributed by atoms with van der Waals surface area (Å²) in [6.07, 6.45) is -4.79. The molecule has 0 aliphatic rings. The van der Waals surface area contributed by atoms with E-state index in [0.717, 1.165) is 10.7 Å². The fraction of sp³-hybridized carbons (Fsp3) is 0.240. The molecule has 0 aliphatic carbocycles. The van der Waals surface area contributed by atoms with Crippen LogP contribution in [0.3, 0.4) is 0 Å². The van der Waals surface area contributed by atoms with Gasteiger partial charge in [-0.3, -0.25) is 9.36 Å². The minimum absolute atomic E-state index is 0.0516. The van der Waals surface area contributed by atoms with Crippen molar-refractivity contribution in [3.05, 3.63) is 98.0 Å². The molecule has 1 atom stereocenters. The van der Waals surface area contributed by atoms with Crippen LogP contribution in [0.2, 0.25) is 4.34 Å². The van der Waals surface area contributed by atoms with Gasteiger partial charge in [0.2, 0.25) is 0 Å². The van der Waals surface area contributed by atoms with Gasteiger partial charge in [-0.15, -0.1) is 16.4 Å². The van der Waals surface area contributed by atoms with Crippen molar-refractivity contribution in [1.29, 1.82) is 0 Å². The molecule has 2 aromatic heterocycles. The summed E-state index contributed by atoms with van der Waals surface area (Å²) < 4.78 is 56.8. The Hall–Kier alpha value is -3.28. The third-order valence-corrected chi connectivity index (χ3v) is 6.96. The van der Waals surface area contributed by atoms with E-state index in [1.165, 1.54) is 52.3 Å². The van der Waals surface area contributed by atoms with Crippen LogP contribution >= 0.6 is 22.9 Å². The van der Waals surface area contributed by atoms with Gasteiger partial charge in [-0.25, -0.2) is 13.9 Å². The lowest BCUT2D eigenvalue weighted by atomic mass is 9.96. The fourth-order valence-electron chi connectivity index (χ4n) is 3.90. The maximum atomic E-state index is 14.3. The first-order chi connectivity index (χ1) is 17.5. The number of ketones is 1. The first-order valence-corrected chi connectivity index (χ1v) is 12.3. The summed E-state index contributed by atoms with van der Waals surface area (Å²) in [5.41, 5.74) is 4.65. The number of nitrogens with two attached hydrogens (primary N) is 1. The largest absolute Gasteiger partial charge is 0.416 e. The fourth-order valence-corrected chi connectivity index (χ4v) is 4.93. The molecule has 0 radical (unpaired) electrons. The van der Waals surface area contributed by atoms with Gasteiger partial charge in [0.25, 0.3) is 0 Å². The number of benzene rings is 2. The SMILES string of the molecule is NC(CCC(=O)Cn1nc(-c2ccc(Cl)s2)n(Cc2ccccc2F)c1=O)c1ccccc1C(F)(F)F. The number of thiophene rings is 1. The van der Waals surface area contributed by atoms with E-state index in [1.807, 2.05) is 0 Å². The highest BCUT2D eigenvalue weighted by molar-refractivity contribution is 7.19. The van der Waals surface area contributed by atoms with E-state index >= 15 is 0 Å². The van der Waals surface area contributed by atoms with E-state index in [-0.39, 0.29) is 36.3 Å². The molecule has 2 aromatic carbocycles. The lowest BCUT2D eigenvalue weighted by Gasteiger charge is -2.18. The van der Waals surface area contributed by atoms with Gasteiger partial charge < -0.3 is 5.73 Å². The van der Waals surface area contributed by atoms with Crippen molar-refractivity contribution in [3.8, 4) is 10.7 Å². The molecular weight excluding hydrogens is 532 g/mol. The van der Waals surface area contributed by atoms with Crippen molar-refractivity contribution >= 4 is 28.7 Å². The summed E-state index contributed by atoms with van der Waals surface area (Å²) in [7, 11) is 0. The van der Waals surface area contributed by atoms with Crippen molar-refractivity contribution in [3.63, 3.8) is 0 Å². The lowest BCUT2D eigenvalue weighted by molar-refractivity contribution is -0.138. The lowest BCUT2D eigenvalue weighted by Crippen LogP contribution is -2.28. The molecule has 0 saturated heterocycles. The summed E-state index contributed by atoms with van der Waals surface area (Å²) in [6, 6.07) is 13.2. The number of rotatable bonds is 9. The quantitative estimate of drug-likeness (QED) is 0.271. The molecule has 37 heavy (non-hydrogen) atoms. The standard InChI is InChI=1S/C25H21ClF4N4O2S/c26-22-12-11-21(37-22)23-32-34(24(36)33(23)13-15-5-1-4-8-19(15)27)14-16(35)9-10-20(31)17-6-2-3-7-18(17)25(28,29)30/h1-8,11-12,20H,9-10,13-14,31H2. The molecule has 0 fully saturated rings. The summed E-state index contributed by atoms with van der Waals surface area (Å²) in [6.45, 7) is -0.535. The molecular formula is C25H21ClF4N4O2S. The molecule has 6 nitrogen and oxygen atoms in total. The van der Waals surface area contributed by atoms with Crippen LogP contribution in [-0.4, -0.2) is 20.1 Å². The molecule has 0 aliphatic heterocycles. The van der Waals surface area contributed by atoms with Crippen LogP contribution in [0.4, 0.5) is 17.6 Å². The molecule has 0 spiro atoms. The Kier molecular flexibility index (Phi) is 7.96. The van der Waals surface area contributed by atoms with Gasteiger partial charge in [0.15, 0.2) is 11.6 Å². The van der Waals surface area contributed by atoms with Crippen LogP contribution in [0.1, 0.15) is 35.6 Å². The van der Waals surface area contributed by atoms with Gasteiger partial charge in [-0.1, -0.05) is 48.0 Å². The van der Waals surface area contributed by atoms with E-state index in [1.54, 1.807) is 18.2 Å². The Bertz CT molecular complexity index is 1480. The van der Waals surface area contributed by atoms with Crippen LogP contribution in [-0.2, 0) is 24.1 Å². The number of nitrogens with zero attached hydrogens (tertiary/aromatic N) is 3. The number of hydrogen-bond acceptors (Lipinski definition) is 5. The van der Waals surface area contributed by atoms with Crippen molar-refractivity contribution in [2.75, 3.05) is 0 Å². The smallest absolute Gasteiger partial charge is 0.324 e. The van der Waals surface area contributed by atoms with Crippen molar-refractivity contribution in [2.24, 2.45) is 5.73 Å². The second-order valence-corrected chi connectivity index (χ2v) is 10.0. The van der Waals surface area contributed by atoms with Gasteiger partial charge in [0, 0.05) is 18.0 Å². The predicted octanol–water partition coefficient (Wildman–Crippen LogP) is 5.68. The second kappa shape index (κ2) is 11.0. The Morgan fingerprint density at radius 2 is 1.78 bits per heavy atom. The monoisotopic (exact) mass is 552 g/mol. The Balaban J connectivity index is 1.54. The van der Waals surface area contributed by atoms with E-state index < -0.39 is 41.6 Å². The number of alkyl halides is 3.